The minimum atomic E-state index is 0.0745. The van der Waals surface area contributed by atoms with Gasteiger partial charge in [-0.25, -0.2) is 0 Å². The molecule has 114 valence electrons. The summed E-state index contributed by atoms with van der Waals surface area (Å²) in [5.74, 6) is 0.775. The standard InChI is InChI=1S/C19H16N2O2/c22-16-12-7-13-21(16)19-20-17(14-8-3-1-4-9-14)18(23-19)15-10-5-2-6-11-15/h1-6,8-11H,7,12-13H2. The van der Waals surface area contributed by atoms with E-state index in [1.54, 1.807) is 4.90 Å². The van der Waals surface area contributed by atoms with E-state index < -0.39 is 0 Å². The summed E-state index contributed by atoms with van der Waals surface area (Å²) in [5, 5.41) is 0. The highest BCUT2D eigenvalue weighted by atomic mass is 16.4. The number of carbonyl (C=O) groups is 1. The van der Waals surface area contributed by atoms with Gasteiger partial charge in [0.2, 0.25) is 5.91 Å². The minimum absolute atomic E-state index is 0.0745. The molecule has 1 aromatic heterocycles. The average molecular weight is 304 g/mol. The molecule has 4 rings (SSSR count). The van der Waals surface area contributed by atoms with Gasteiger partial charge in [-0.2, -0.15) is 4.98 Å². The third-order valence-electron chi connectivity index (χ3n) is 4.00. The SMILES string of the molecule is O=C1CCCN1c1nc(-c2ccccc2)c(-c2ccccc2)o1. The van der Waals surface area contributed by atoms with E-state index in [4.69, 9.17) is 4.42 Å². The van der Waals surface area contributed by atoms with Gasteiger partial charge in [0.05, 0.1) is 0 Å². The van der Waals surface area contributed by atoms with Gasteiger partial charge in [0.25, 0.3) is 0 Å². The van der Waals surface area contributed by atoms with Crippen molar-refractivity contribution in [3.63, 3.8) is 0 Å². The fourth-order valence-corrected chi connectivity index (χ4v) is 2.85. The molecule has 0 bridgehead atoms. The van der Waals surface area contributed by atoms with Crippen LogP contribution >= 0.6 is 0 Å². The first kappa shape index (κ1) is 13.8. The Kier molecular flexibility index (Phi) is 3.42. The maximum Gasteiger partial charge on any atom is 0.305 e. The van der Waals surface area contributed by atoms with Crippen LogP contribution in [0.15, 0.2) is 65.1 Å². The summed E-state index contributed by atoms with van der Waals surface area (Å²) in [6.45, 7) is 0.668. The van der Waals surface area contributed by atoms with E-state index in [0.29, 0.717) is 24.7 Å². The molecule has 1 aliphatic heterocycles. The van der Waals surface area contributed by atoms with Crippen molar-refractivity contribution in [3.8, 4) is 22.6 Å². The molecule has 0 aliphatic carbocycles. The lowest BCUT2D eigenvalue weighted by atomic mass is 10.1. The number of anilines is 1. The Labute approximate surface area is 134 Å². The van der Waals surface area contributed by atoms with Crippen LogP contribution in [0.5, 0.6) is 0 Å². The van der Waals surface area contributed by atoms with Crippen molar-refractivity contribution in [2.45, 2.75) is 12.8 Å². The highest BCUT2D eigenvalue weighted by Crippen LogP contribution is 2.36. The number of hydrogen-bond acceptors (Lipinski definition) is 3. The Balaban J connectivity index is 1.86. The smallest absolute Gasteiger partial charge is 0.305 e. The topological polar surface area (TPSA) is 46.3 Å². The second-order valence-corrected chi connectivity index (χ2v) is 5.56. The molecule has 4 nitrogen and oxygen atoms in total. The first-order valence-electron chi connectivity index (χ1n) is 7.75. The maximum atomic E-state index is 12.0. The molecule has 1 amide bonds. The van der Waals surface area contributed by atoms with E-state index in [2.05, 4.69) is 4.98 Å². The van der Waals surface area contributed by atoms with Crippen LogP contribution in [-0.2, 0) is 4.79 Å². The second kappa shape index (κ2) is 5.72. The summed E-state index contributed by atoms with van der Waals surface area (Å²) >= 11 is 0. The summed E-state index contributed by atoms with van der Waals surface area (Å²) in [5.41, 5.74) is 2.70. The van der Waals surface area contributed by atoms with Gasteiger partial charge in [0.15, 0.2) is 5.76 Å². The molecule has 0 saturated carbocycles. The number of amides is 1. The molecule has 23 heavy (non-hydrogen) atoms. The lowest BCUT2D eigenvalue weighted by Crippen LogP contribution is -2.23. The van der Waals surface area contributed by atoms with Gasteiger partial charge in [-0.1, -0.05) is 60.7 Å². The molecule has 0 unspecified atom stereocenters. The Morgan fingerprint density at radius 2 is 1.57 bits per heavy atom. The number of nitrogens with zero attached hydrogens (tertiary/aromatic N) is 2. The Bertz CT molecular complexity index is 768. The van der Waals surface area contributed by atoms with Crippen molar-refractivity contribution in [3.05, 3.63) is 60.7 Å². The fraction of sp³-hybridized carbons (Fsp3) is 0.158. The molecule has 2 heterocycles. The maximum absolute atomic E-state index is 12.0. The van der Waals surface area contributed by atoms with Crippen molar-refractivity contribution in [1.82, 2.24) is 4.98 Å². The van der Waals surface area contributed by atoms with Gasteiger partial charge in [-0.3, -0.25) is 9.69 Å². The molecule has 0 spiro atoms. The zero-order valence-corrected chi connectivity index (χ0v) is 12.6. The molecule has 1 aliphatic rings. The van der Waals surface area contributed by atoms with Crippen LogP contribution in [0.25, 0.3) is 22.6 Å². The first-order valence-corrected chi connectivity index (χ1v) is 7.75. The third kappa shape index (κ3) is 2.52. The average Bonchev–Trinajstić information content (AvgIpc) is 3.22. The van der Waals surface area contributed by atoms with Gasteiger partial charge in [0.1, 0.15) is 5.69 Å². The number of rotatable bonds is 3. The molecule has 1 fully saturated rings. The van der Waals surface area contributed by atoms with Crippen LogP contribution < -0.4 is 4.90 Å². The molecule has 0 N–H and O–H groups in total. The lowest BCUT2D eigenvalue weighted by molar-refractivity contribution is -0.117. The molecular formula is C19H16N2O2. The predicted octanol–water partition coefficient (Wildman–Crippen LogP) is 4.14. The quantitative estimate of drug-likeness (QED) is 0.730. The molecule has 1 saturated heterocycles. The van der Waals surface area contributed by atoms with E-state index in [1.165, 1.54) is 0 Å². The van der Waals surface area contributed by atoms with Gasteiger partial charge in [-0.05, 0) is 6.42 Å². The monoisotopic (exact) mass is 304 g/mol. The van der Waals surface area contributed by atoms with Gasteiger partial charge in [-0.15, -0.1) is 0 Å². The summed E-state index contributed by atoms with van der Waals surface area (Å²) in [6, 6.07) is 20.2. The minimum Gasteiger partial charge on any atom is -0.422 e. The zero-order chi connectivity index (χ0) is 15.6. The second-order valence-electron chi connectivity index (χ2n) is 5.56. The normalized spacial score (nSPS) is 14.4. The number of carbonyl (C=O) groups excluding carboxylic acids is 1. The van der Waals surface area contributed by atoms with Crippen molar-refractivity contribution >= 4 is 11.9 Å². The van der Waals surface area contributed by atoms with Gasteiger partial charge >= 0.3 is 6.01 Å². The van der Waals surface area contributed by atoms with E-state index in [9.17, 15) is 4.79 Å². The molecule has 4 heteroatoms. The number of hydrogen-bond donors (Lipinski definition) is 0. The highest BCUT2D eigenvalue weighted by molar-refractivity contribution is 5.94. The number of aromatic nitrogens is 1. The van der Waals surface area contributed by atoms with E-state index in [1.807, 2.05) is 60.7 Å². The van der Waals surface area contributed by atoms with E-state index >= 15 is 0 Å². The van der Waals surface area contributed by atoms with Crippen molar-refractivity contribution in [2.24, 2.45) is 0 Å². The molecule has 2 aromatic carbocycles. The summed E-state index contributed by atoms with van der Waals surface area (Å²) in [7, 11) is 0. The van der Waals surface area contributed by atoms with Crippen LogP contribution in [0.1, 0.15) is 12.8 Å². The Morgan fingerprint density at radius 3 is 2.17 bits per heavy atom. The fourth-order valence-electron chi connectivity index (χ4n) is 2.85. The van der Waals surface area contributed by atoms with Crippen molar-refractivity contribution in [2.75, 3.05) is 11.4 Å². The van der Waals surface area contributed by atoms with Crippen LogP contribution in [0.3, 0.4) is 0 Å². The molecular weight excluding hydrogens is 288 g/mol. The summed E-state index contributed by atoms with van der Waals surface area (Å²) in [6.07, 6.45) is 1.41. The molecule has 0 radical (unpaired) electrons. The Hall–Kier alpha value is -2.88. The zero-order valence-electron chi connectivity index (χ0n) is 12.6. The van der Waals surface area contributed by atoms with E-state index in [0.717, 1.165) is 23.2 Å². The van der Waals surface area contributed by atoms with Crippen LogP contribution in [0.4, 0.5) is 6.01 Å². The van der Waals surface area contributed by atoms with Crippen molar-refractivity contribution < 1.29 is 9.21 Å². The molecule has 3 aromatic rings. The van der Waals surface area contributed by atoms with E-state index in [-0.39, 0.29) is 5.91 Å². The third-order valence-corrected chi connectivity index (χ3v) is 4.00. The highest BCUT2D eigenvalue weighted by Gasteiger charge is 2.28. The molecule has 0 atom stereocenters. The van der Waals surface area contributed by atoms with Crippen LogP contribution in [0, 0.1) is 0 Å². The number of benzene rings is 2. The largest absolute Gasteiger partial charge is 0.422 e. The lowest BCUT2D eigenvalue weighted by Gasteiger charge is -2.08. The summed E-state index contributed by atoms with van der Waals surface area (Å²) < 4.78 is 6.00. The van der Waals surface area contributed by atoms with Crippen LogP contribution in [0.2, 0.25) is 0 Å². The van der Waals surface area contributed by atoms with Crippen molar-refractivity contribution in [1.29, 1.82) is 0 Å². The van der Waals surface area contributed by atoms with Crippen LogP contribution in [-0.4, -0.2) is 17.4 Å². The van der Waals surface area contributed by atoms with Gasteiger partial charge in [0, 0.05) is 24.1 Å². The Morgan fingerprint density at radius 1 is 0.913 bits per heavy atom. The first-order chi connectivity index (χ1) is 11.3. The number of oxazole rings is 1. The summed E-state index contributed by atoms with van der Waals surface area (Å²) in [4.78, 5) is 18.3. The predicted molar refractivity (Wildman–Crippen MR) is 89.0 cm³/mol. The van der Waals surface area contributed by atoms with Gasteiger partial charge < -0.3 is 4.42 Å².